The quantitative estimate of drug-likeness (QED) is 0.473. The Hall–Kier alpha value is -1.60. The summed E-state index contributed by atoms with van der Waals surface area (Å²) in [7, 11) is 0. The van der Waals surface area contributed by atoms with E-state index in [1.165, 1.54) is 30.0 Å². The van der Waals surface area contributed by atoms with Gasteiger partial charge in [-0.15, -0.1) is 11.8 Å². The fourth-order valence-electron chi connectivity index (χ4n) is 1.19. The van der Waals surface area contributed by atoms with E-state index in [0.29, 0.717) is 4.90 Å². The van der Waals surface area contributed by atoms with Crippen LogP contribution in [0.5, 0.6) is 0 Å². The van der Waals surface area contributed by atoms with Crippen LogP contribution in [0.15, 0.2) is 23.1 Å². The number of benzene rings is 1. The van der Waals surface area contributed by atoms with E-state index in [2.05, 4.69) is 0 Å². The van der Waals surface area contributed by atoms with E-state index >= 15 is 0 Å². The molecular formula is C10H11NO5S. The molecule has 0 heterocycles. The summed E-state index contributed by atoms with van der Waals surface area (Å²) in [6.07, 6.45) is 0. The Balaban J connectivity index is 3.10. The highest BCUT2D eigenvalue weighted by Gasteiger charge is 2.20. The Kier molecular flexibility index (Phi) is 4.47. The number of rotatable bonds is 5. The van der Waals surface area contributed by atoms with Crippen molar-refractivity contribution in [2.75, 3.05) is 6.61 Å². The molecule has 0 fully saturated rings. The number of thioether (sulfide) groups is 1. The van der Waals surface area contributed by atoms with Gasteiger partial charge in [-0.25, -0.2) is 4.79 Å². The summed E-state index contributed by atoms with van der Waals surface area (Å²) in [6, 6.07) is 3.90. The van der Waals surface area contributed by atoms with Crippen molar-refractivity contribution in [1.82, 2.24) is 0 Å². The van der Waals surface area contributed by atoms with Crippen LogP contribution in [0.4, 0.5) is 5.69 Å². The second-order valence-electron chi connectivity index (χ2n) is 3.35. The van der Waals surface area contributed by atoms with E-state index in [0.717, 1.165) is 0 Å². The first kappa shape index (κ1) is 13.5. The lowest BCUT2D eigenvalue weighted by molar-refractivity contribution is -0.385. The highest BCUT2D eigenvalue weighted by Crippen LogP contribution is 2.29. The Morgan fingerprint density at radius 2 is 2.24 bits per heavy atom. The molecule has 17 heavy (non-hydrogen) atoms. The molecule has 0 amide bonds. The summed E-state index contributed by atoms with van der Waals surface area (Å²) >= 11 is 1.25. The number of carbonyl (C=O) groups is 1. The average Bonchev–Trinajstić information content (AvgIpc) is 2.28. The molecule has 0 spiro atoms. The van der Waals surface area contributed by atoms with Crippen LogP contribution in [-0.4, -0.2) is 33.0 Å². The van der Waals surface area contributed by atoms with Crippen molar-refractivity contribution in [3.05, 3.63) is 33.9 Å². The summed E-state index contributed by atoms with van der Waals surface area (Å²) in [5.74, 6) is -1.33. The van der Waals surface area contributed by atoms with Crippen LogP contribution < -0.4 is 0 Å². The first-order valence-electron chi connectivity index (χ1n) is 4.75. The highest BCUT2D eigenvalue weighted by molar-refractivity contribution is 8.00. The van der Waals surface area contributed by atoms with Gasteiger partial charge in [0, 0.05) is 16.2 Å². The smallest absolute Gasteiger partial charge is 0.342 e. The third-order valence-electron chi connectivity index (χ3n) is 1.99. The molecular weight excluding hydrogens is 246 g/mol. The second-order valence-corrected chi connectivity index (χ2v) is 4.86. The first-order chi connectivity index (χ1) is 7.95. The van der Waals surface area contributed by atoms with E-state index in [4.69, 9.17) is 10.2 Å². The highest BCUT2D eigenvalue weighted by atomic mass is 32.2. The molecule has 0 saturated heterocycles. The largest absolute Gasteiger partial charge is 0.477 e. The third kappa shape index (κ3) is 3.43. The molecule has 0 saturated carbocycles. The van der Waals surface area contributed by atoms with Crippen molar-refractivity contribution in [3.63, 3.8) is 0 Å². The molecule has 92 valence electrons. The van der Waals surface area contributed by atoms with Gasteiger partial charge in [0.25, 0.3) is 5.69 Å². The average molecular weight is 257 g/mol. The normalized spacial score (nSPS) is 12.1. The van der Waals surface area contributed by atoms with E-state index < -0.39 is 16.6 Å². The van der Waals surface area contributed by atoms with Gasteiger partial charge < -0.3 is 10.2 Å². The zero-order valence-corrected chi connectivity index (χ0v) is 9.81. The predicted molar refractivity (Wildman–Crippen MR) is 62.5 cm³/mol. The molecule has 0 aromatic heterocycles. The third-order valence-corrected chi connectivity index (χ3v) is 3.07. The molecule has 7 heteroatoms. The van der Waals surface area contributed by atoms with Crippen molar-refractivity contribution < 1.29 is 19.9 Å². The van der Waals surface area contributed by atoms with Crippen LogP contribution in [0.1, 0.15) is 17.3 Å². The van der Waals surface area contributed by atoms with E-state index in [9.17, 15) is 14.9 Å². The van der Waals surface area contributed by atoms with Crippen LogP contribution >= 0.6 is 11.8 Å². The maximum Gasteiger partial charge on any atom is 0.342 e. The van der Waals surface area contributed by atoms with Crippen LogP contribution in [0, 0.1) is 10.1 Å². The molecule has 1 atom stereocenters. The number of hydrogen-bond acceptors (Lipinski definition) is 5. The van der Waals surface area contributed by atoms with Crippen molar-refractivity contribution in [2.45, 2.75) is 17.1 Å². The van der Waals surface area contributed by atoms with Crippen molar-refractivity contribution >= 4 is 23.4 Å². The molecule has 6 nitrogen and oxygen atoms in total. The number of carboxylic acids is 1. The maximum atomic E-state index is 10.8. The number of aromatic carboxylic acids is 1. The Bertz CT molecular complexity index is 448. The zero-order chi connectivity index (χ0) is 13.0. The number of nitro benzene ring substituents is 1. The lowest BCUT2D eigenvalue weighted by Gasteiger charge is -2.07. The molecule has 1 aromatic carbocycles. The summed E-state index contributed by atoms with van der Waals surface area (Å²) in [6.45, 7) is 1.71. The minimum Gasteiger partial charge on any atom is -0.477 e. The van der Waals surface area contributed by atoms with Crippen LogP contribution in [0.3, 0.4) is 0 Å². The number of nitro groups is 1. The summed E-state index contributed by atoms with van der Waals surface area (Å²) in [4.78, 5) is 21.3. The van der Waals surface area contributed by atoms with Gasteiger partial charge in [0.15, 0.2) is 0 Å². The summed E-state index contributed by atoms with van der Waals surface area (Å²) in [5.41, 5.74) is -0.774. The van der Waals surface area contributed by atoms with Crippen LogP contribution in [0.2, 0.25) is 0 Å². The van der Waals surface area contributed by atoms with Gasteiger partial charge in [-0.1, -0.05) is 6.92 Å². The zero-order valence-electron chi connectivity index (χ0n) is 8.99. The molecule has 0 bridgehead atoms. The van der Waals surface area contributed by atoms with Crippen molar-refractivity contribution in [3.8, 4) is 0 Å². The monoisotopic (exact) mass is 257 g/mol. The van der Waals surface area contributed by atoms with Gasteiger partial charge in [-0.05, 0) is 12.1 Å². The number of hydrogen-bond donors (Lipinski definition) is 2. The Morgan fingerprint density at radius 3 is 2.71 bits per heavy atom. The lowest BCUT2D eigenvalue weighted by Crippen LogP contribution is -2.04. The van der Waals surface area contributed by atoms with Gasteiger partial charge in [-0.2, -0.15) is 0 Å². The SMILES string of the molecule is CC(CO)Sc1ccc(C(=O)O)c([N+](=O)[O-])c1. The standard InChI is InChI=1S/C10H11NO5S/c1-6(5-12)17-7-2-3-8(10(13)14)9(4-7)11(15)16/h2-4,6,12H,5H2,1H3,(H,13,14). The minimum atomic E-state index is -1.33. The molecule has 1 unspecified atom stereocenters. The number of nitrogens with zero attached hydrogens (tertiary/aromatic N) is 1. The summed E-state index contributed by atoms with van der Waals surface area (Å²) in [5, 5.41) is 28.3. The topological polar surface area (TPSA) is 101 Å². The number of carboxylic acid groups (broad SMARTS) is 1. The fourth-order valence-corrected chi connectivity index (χ4v) is 2.05. The Morgan fingerprint density at radius 1 is 1.59 bits per heavy atom. The molecule has 1 rings (SSSR count). The molecule has 0 aliphatic carbocycles. The van der Waals surface area contributed by atoms with E-state index in [1.54, 1.807) is 6.92 Å². The van der Waals surface area contributed by atoms with Gasteiger partial charge in [-0.3, -0.25) is 10.1 Å². The van der Waals surface area contributed by atoms with Crippen molar-refractivity contribution in [2.24, 2.45) is 0 Å². The van der Waals surface area contributed by atoms with Gasteiger partial charge in [0.1, 0.15) is 5.56 Å². The van der Waals surface area contributed by atoms with Gasteiger partial charge in [0.2, 0.25) is 0 Å². The number of aliphatic hydroxyl groups excluding tert-OH is 1. The molecule has 0 radical (unpaired) electrons. The first-order valence-corrected chi connectivity index (χ1v) is 5.63. The van der Waals surface area contributed by atoms with Gasteiger partial charge >= 0.3 is 5.97 Å². The van der Waals surface area contributed by atoms with Gasteiger partial charge in [0.05, 0.1) is 11.5 Å². The molecule has 1 aromatic rings. The fraction of sp³-hybridized carbons (Fsp3) is 0.300. The predicted octanol–water partition coefficient (Wildman–Crippen LogP) is 1.77. The minimum absolute atomic E-state index is 0.0564. The van der Waals surface area contributed by atoms with Crippen LogP contribution in [-0.2, 0) is 0 Å². The van der Waals surface area contributed by atoms with E-state index in [-0.39, 0.29) is 17.4 Å². The van der Waals surface area contributed by atoms with E-state index in [1.807, 2.05) is 0 Å². The molecule has 2 N–H and O–H groups in total. The molecule has 0 aliphatic heterocycles. The second kappa shape index (κ2) is 5.65. The van der Waals surface area contributed by atoms with Crippen LogP contribution in [0.25, 0.3) is 0 Å². The Labute approximate surface area is 101 Å². The molecule has 0 aliphatic rings. The summed E-state index contributed by atoms with van der Waals surface area (Å²) < 4.78 is 0. The lowest BCUT2D eigenvalue weighted by atomic mass is 10.2. The maximum absolute atomic E-state index is 10.8. The number of aliphatic hydroxyl groups is 1. The van der Waals surface area contributed by atoms with Crippen molar-refractivity contribution in [1.29, 1.82) is 0 Å².